The molecule has 2 fully saturated rings. The van der Waals surface area contributed by atoms with Gasteiger partial charge in [-0.3, -0.25) is 0 Å². The Labute approximate surface area is 133 Å². The number of hydrogen-bond acceptors (Lipinski definition) is 3. The van der Waals surface area contributed by atoms with E-state index in [1.165, 1.54) is 0 Å². The van der Waals surface area contributed by atoms with Crippen LogP contribution < -0.4 is 5.32 Å². The molecule has 1 atom stereocenters. The number of amides is 3. The summed E-state index contributed by atoms with van der Waals surface area (Å²) in [6, 6.07) is 0.435. The fourth-order valence-electron chi connectivity index (χ4n) is 2.69. The molecule has 1 aliphatic carbocycles. The lowest BCUT2D eigenvalue weighted by molar-refractivity contribution is 0.0252. The summed E-state index contributed by atoms with van der Waals surface area (Å²) >= 11 is 0. The molecule has 0 spiro atoms. The first-order valence-electron chi connectivity index (χ1n) is 8.24. The molecular formula is C16H29N3O3. The summed E-state index contributed by atoms with van der Waals surface area (Å²) in [5.41, 5.74) is -0.478. The highest BCUT2D eigenvalue weighted by molar-refractivity contribution is 5.75. The molecule has 1 heterocycles. The lowest BCUT2D eigenvalue weighted by atomic mass is 9.98. The molecular weight excluding hydrogens is 282 g/mol. The number of piperidine rings is 1. The second kappa shape index (κ2) is 6.75. The molecule has 0 aromatic rings. The summed E-state index contributed by atoms with van der Waals surface area (Å²) in [5, 5.41) is 3.03. The van der Waals surface area contributed by atoms with E-state index in [0.29, 0.717) is 25.0 Å². The molecule has 0 aromatic carbocycles. The Hall–Kier alpha value is -1.46. The fourth-order valence-corrected chi connectivity index (χ4v) is 2.69. The van der Waals surface area contributed by atoms with Crippen LogP contribution in [0.5, 0.6) is 0 Å². The van der Waals surface area contributed by atoms with E-state index in [-0.39, 0.29) is 12.1 Å². The van der Waals surface area contributed by atoms with Crippen LogP contribution in [0.15, 0.2) is 0 Å². The molecule has 6 heteroatoms. The highest BCUT2D eigenvalue weighted by Crippen LogP contribution is 2.22. The van der Waals surface area contributed by atoms with Gasteiger partial charge in [-0.1, -0.05) is 0 Å². The van der Waals surface area contributed by atoms with E-state index in [1.54, 1.807) is 11.9 Å². The molecule has 0 radical (unpaired) electrons. The third kappa shape index (κ3) is 5.39. The molecule has 2 aliphatic rings. The van der Waals surface area contributed by atoms with Gasteiger partial charge in [0.25, 0.3) is 0 Å². The van der Waals surface area contributed by atoms with E-state index in [9.17, 15) is 9.59 Å². The second-order valence-electron chi connectivity index (χ2n) is 7.54. The van der Waals surface area contributed by atoms with Crippen LogP contribution in [-0.2, 0) is 4.74 Å². The number of carbonyl (C=O) groups excluding carboxylic acids is 2. The average molecular weight is 311 g/mol. The maximum Gasteiger partial charge on any atom is 0.410 e. The van der Waals surface area contributed by atoms with Crippen molar-refractivity contribution in [2.75, 3.05) is 26.7 Å². The molecule has 22 heavy (non-hydrogen) atoms. The normalized spacial score (nSPS) is 22.2. The Bertz CT molecular complexity index is 415. The Morgan fingerprint density at radius 3 is 2.55 bits per heavy atom. The number of nitrogens with zero attached hydrogens (tertiary/aromatic N) is 2. The van der Waals surface area contributed by atoms with Gasteiger partial charge in [0.05, 0.1) is 0 Å². The summed E-state index contributed by atoms with van der Waals surface area (Å²) in [7, 11) is 1.76. The van der Waals surface area contributed by atoms with Crippen LogP contribution in [0.1, 0.15) is 46.5 Å². The van der Waals surface area contributed by atoms with Crippen molar-refractivity contribution in [2.45, 2.75) is 58.1 Å². The van der Waals surface area contributed by atoms with Crippen molar-refractivity contribution in [3.05, 3.63) is 0 Å². The number of ether oxygens (including phenoxy) is 1. The van der Waals surface area contributed by atoms with Crippen molar-refractivity contribution < 1.29 is 14.3 Å². The van der Waals surface area contributed by atoms with Crippen LogP contribution in [0.25, 0.3) is 0 Å². The van der Waals surface area contributed by atoms with Crippen LogP contribution in [0.4, 0.5) is 9.59 Å². The summed E-state index contributed by atoms with van der Waals surface area (Å²) in [4.78, 5) is 27.6. The van der Waals surface area contributed by atoms with Gasteiger partial charge in [0.15, 0.2) is 0 Å². The average Bonchev–Trinajstić information content (AvgIpc) is 3.21. The molecule has 1 N–H and O–H groups in total. The summed E-state index contributed by atoms with van der Waals surface area (Å²) in [6.45, 7) is 7.74. The summed E-state index contributed by atoms with van der Waals surface area (Å²) in [5.74, 6) is 0.316. The molecule has 3 amide bonds. The first kappa shape index (κ1) is 16.9. The molecule has 1 aliphatic heterocycles. The first-order chi connectivity index (χ1) is 10.2. The zero-order valence-corrected chi connectivity index (χ0v) is 14.2. The molecule has 1 unspecified atom stereocenters. The van der Waals surface area contributed by atoms with Crippen molar-refractivity contribution in [3.8, 4) is 0 Å². The van der Waals surface area contributed by atoms with Gasteiger partial charge in [-0.15, -0.1) is 0 Å². The number of likely N-dealkylation sites (tertiary alicyclic amines) is 1. The highest BCUT2D eigenvalue weighted by atomic mass is 16.6. The van der Waals surface area contributed by atoms with E-state index in [4.69, 9.17) is 4.74 Å². The van der Waals surface area contributed by atoms with E-state index in [2.05, 4.69) is 5.32 Å². The standard InChI is InChI=1S/C16H29N3O3/c1-16(2,3)22-15(21)18(4)10-12-6-5-9-19(11-12)14(20)17-13-7-8-13/h12-13H,5-11H2,1-4H3,(H,17,20). The number of nitrogens with one attached hydrogen (secondary N) is 1. The molecule has 126 valence electrons. The van der Waals surface area contributed by atoms with Crippen molar-refractivity contribution >= 4 is 12.1 Å². The van der Waals surface area contributed by atoms with Crippen LogP contribution in [0, 0.1) is 5.92 Å². The van der Waals surface area contributed by atoms with E-state index in [1.807, 2.05) is 25.7 Å². The van der Waals surface area contributed by atoms with Crippen molar-refractivity contribution in [1.82, 2.24) is 15.1 Å². The number of rotatable bonds is 3. The van der Waals surface area contributed by atoms with Crippen molar-refractivity contribution in [2.24, 2.45) is 5.92 Å². The Morgan fingerprint density at radius 1 is 1.27 bits per heavy atom. The monoisotopic (exact) mass is 311 g/mol. The number of urea groups is 1. The van der Waals surface area contributed by atoms with E-state index < -0.39 is 5.60 Å². The van der Waals surface area contributed by atoms with Gasteiger partial charge in [0, 0.05) is 32.7 Å². The number of hydrogen-bond donors (Lipinski definition) is 1. The third-order valence-electron chi connectivity index (χ3n) is 3.95. The molecule has 1 saturated carbocycles. The van der Waals surface area contributed by atoms with Gasteiger partial charge >= 0.3 is 12.1 Å². The minimum atomic E-state index is -0.478. The zero-order chi connectivity index (χ0) is 16.3. The van der Waals surface area contributed by atoms with Gasteiger partial charge in [0.1, 0.15) is 5.60 Å². The Kier molecular flexibility index (Phi) is 5.19. The predicted molar refractivity (Wildman–Crippen MR) is 84.7 cm³/mol. The lowest BCUT2D eigenvalue weighted by Crippen LogP contribution is -2.48. The second-order valence-corrected chi connectivity index (χ2v) is 7.54. The Balaban J connectivity index is 1.78. The fraction of sp³-hybridized carbons (Fsp3) is 0.875. The molecule has 6 nitrogen and oxygen atoms in total. The van der Waals surface area contributed by atoms with Gasteiger partial charge in [-0.25, -0.2) is 9.59 Å². The van der Waals surface area contributed by atoms with Crippen molar-refractivity contribution in [1.29, 1.82) is 0 Å². The van der Waals surface area contributed by atoms with Gasteiger partial charge in [0.2, 0.25) is 0 Å². The summed E-state index contributed by atoms with van der Waals surface area (Å²) in [6.07, 6.45) is 3.94. The van der Waals surface area contributed by atoms with Gasteiger partial charge in [-0.05, 0) is 52.4 Å². The SMILES string of the molecule is CN(CC1CCCN(C(=O)NC2CC2)C1)C(=O)OC(C)(C)C. The van der Waals surface area contributed by atoms with E-state index in [0.717, 1.165) is 32.2 Å². The zero-order valence-electron chi connectivity index (χ0n) is 14.2. The van der Waals surface area contributed by atoms with E-state index >= 15 is 0 Å². The molecule has 1 saturated heterocycles. The van der Waals surface area contributed by atoms with Crippen LogP contribution in [0.2, 0.25) is 0 Å². The van der Waals surface area contributed by atoms with Crippen LogP contribution in [0.3, 0.4) is 0 Å². The largest absolute Gasteiger partial charge is 0.444 e. The number of carbonyl (C=O) groups is 2. The van der Waals surface area contributed by atoms with Gasteiger partial charge in [-0.2, -0.15) is 0 Å². The quantitative estimate of drug-likeness (QED) is 0.871. The third-order valence-corrected chi connectivity index (χ3v) is 3.95. The van der Waals surface area contributed by atoms with Gasteiger partial charge < -0.3 is 19.9 Å². The molecule has 2 rings (SSSR count). The maximum absolute atomic E-state index is 12.1. The van der Waals surface area contributed by atoms with Crippen LogP contribution >= 0.6 is 0 Å². The Morgan fingerprint density at radius 2 is 1.95 bits per heavy atom. The van der Waals surface area contributed by atoms with Crippen molar-refractivity contribution in [3.63, 3.8) is 0 Å². The summed E-state index contributed by atoms with van der Waals surface area (Å²) < 4.78 is 5.37. The molecule has 0 aromatic heterocycles. The smallest absolute Gasteiger partial charge is 0.410 e. The minimum Gasteiger partial charge on any atom is -0.444 e. The first-order valence-corrected chi connectivity index (χ1v) is 8.24. The highest BCUT2D eigenvalue weighted by Gasteiger charge is 2.30. The topological polar surface area (TPSA) is 61.9 Å². The lowest BCUT2D eigenvalue weighted by Gasteiger charge is -2.35. The maximum atomic E-state index is 12.1. The minimum absolute atomic E-state index is 0.0483. The molecule has 0 bridgehead atoms. The predicted octanol–water partition coefficient (Wildman–Crippen LogP) is 2.44. The van der Waals surface area contributed by atoms with Crippen LogP contribution in [-0.4, -0.2) is 60.2 Å².